The van der Waals surface area contributed by atoms with Gasteiger partial charge in [0, 0.05) is 0 Å². The monoisotopic (exact) mass is 516 g/mol. The Morgan fingerprint density at radius 2 is 1.78 bits per heavy atom. The molecule has 0 radical (unpaired) electrons. The van der Waals surface area contributed by atoms with Crippen LogP contribution in [0.15, 0.2) is 53.4 Å². The molecule has 1 aromatic carbocycles. The van der Waals surface area contributed by atoms with Gasteiger partial charge < -0.3 is 18.6 Å². The second kappa shape index (κ2) is 9.54. The lowest BCUT2D eigenvalue weighted by molar-refractivity contribution is 0.193. The number of rotatable bonds is 8. The van der Waals surface area contributed by atoms with Gasteiger partial charge in [0.05, 0.1) is 52.0 Å². The first-order valence-corrected chi connectivity index (χ1v) is 12.2. The molecule has 5 rings (SSSR count). The molecule has 2 atom stereocenters. The average molecular weight is 517 g/mol. The van der Waals surface area contributed by atoms with Crippen LogP contribution in [0.1, 0.15) is 11.7 Å². The normalized spacial score (nSPS) is 17.8. The van der Waals surface area contributed by atoms with Crippen LogP contribution in [0.25, 0.3) is 17.3 Å². The molecule has 0 aliphatic carbocycles. The number of ether oxygens (including phenoxy) is 3. The van der Waals surface area contributed by atoms with Gasteiger partial charge in [-0.2, -0.15) is 0 Å². The van der Waals surface area contributed by atoms with E-state index in [0.717, 1.165) is 12.4 Å². The Hall–Kier alpha value is -4.04. The van der Waals surface area contributed by atoms with Crippen molar-refractivity contribution in [3.8, 4) is 28.8 Å². The summed E-state index contributed by atoms with van der Waals surface area (Å²) in [6.45, 7) is -0.0558. The van der Waals surface area contributed by atoms with E-state index in [9.17, 15) is 12.8 Å². The zero-order valence-corrected chi connectivity index (χ0v) is 20.0. The van der Waals surface area contributed by atoms with Crippen molar-refractivity contribution in [1.82, 2.24) is 24.7 Å². The molecule has 0 bridgehead atoms. The van der Waals surface area contributed by atoms with Crippen LogP contribution >= 0.6 is 0 Å². The number of anilines is 1. The maximum atomic E-state index is 13.6. The summed E-state index contributed by atoms with van der Waals surface area (Å²) in [4.78, 5) is 7.88. The minimum absolute atomic E-state index is 0.0574. The van der Waals surface area contributed by atoms with Gasteiger partial charge in [0.25, 0.3) is 0 Å². The SMILES string of the molecule is COc1cccc(OC)c1-n1c(NS(=O)(=O)[C@@H]2COC[C@H]2c2ncc(F)cn2)nnc1-c1ccco1. The number of halogens is 1. The molecule has 1 aliphatic rings. The van der Waals surface area contributed by atoms with Gasteiger partial charge in [-0.05, 0) is 24.3 Å². The van der Waals surface area contributed by atoms with E-state index in [-0.39, 0.29) is 30.8 Å². The van der Waals surface area contributed by atoms with Crippen molar-refractivity contribution >= 4 is 16.0 Å². The van der Waals surface area contributed by atoms with Crippen molar-refractivity contribution < 1.29 is 31.4 Å². The molecule has 1 aliphatic heterocycles. The van der Waals surface area contributed by atoms with Gasteiger partial charge in [-0.25, -0.2) is 22.8 Å². The van der Waals surface area contributed by atoms with Gasteiger partial charge >= 0.3 is 0 Å². The first kappa shape index (κ1) is 23.7. The zero-order chi connectivity index (χ0) is 25.3. The van der Waals surface area contributed by atoms with Gasteiger partial charge in [-0.3, -0.25) is 9.29 Å². The number of hydrogen-bond donors (Lipinski definition) is 1. The molecule has 4 heterocycles. The predicted molar refractivity (Wildman–Crippen MR) is 124 cm³/mol. The number of hydrogen-bond acceptors (Lipinski definition) is 10. The summed E-state index contributed by atoms with van der Waals surface area (Å²) in [6.07, 6.45) is 3.43. The molecule has 0 unspecified atom stereocenters. The predicted octanol–water partition coefficient (Wildman–Crippen LogP) is 2.40. The summed E-state index contributed by atoms with van der Waals surface area (Å²) >= 11 is 0. The van der Waals surface area contributed by atoms with E-state index in [4.69, 9.17) is 18.6 Å². The van der Waals surface area contributed by atoms with E-state index in [1.54, 1.807) is 30.3 Å². The Kier molecular flexibility index (Phi) is 6.28. The van der Waals surface area contributed by atoms with Crippen LogP contribution in [0.2, 0.25) is 0 Å². The summed E-state index contributed by atoms with van der Waals surface area (Å²) in [5, 5.41) is 7.19. The number of para-hydroxylation sites is 1. The summed E-state index contributed by atoms with van der Waals surface area (Å²) in [5.41, 5.74) is 0.359. The highest BCUT2D eigenvalue weighted by atomic mass is 32.2. The Balaban J connectivity index is 1.59. The fraction of sp³-hybridized carbons (Fsp3) is 0.273. The van der Waals surface area contributed by atoms with E-state index in [1.165, 1.54) is 25.0 Å². The molecule has 0 amide bonds. The van der Waals surface area contributed by atoms with Crippen LogP contribution in [-0.4, -0.2) is 65.8 Å². The highest BCUT2D eigenvalue weighted by Gasteiger charge is 2.42. The van der Waals surface area contributed by atoms with Crippen LogP contribution in [0.4, 0.5) is 10.3 Å². The number of sulfonamides is 1. The third-order valence-corrected chi connectivity index (χ3v) is 7.39. The lowest BCUT2D eigenvalue weighted by atomic mass is 10.1. The van der Waals surface area contributed by atoms with E-state index in [2.05, 4.69) is 24.9 Å². The van der Waals surface area contributed by atoms with Crippen LogP contribution in [0.5, 0.6) is 11.5 Å². The van der Waals surface area contributed by atoms with E-state index in [1.807, 2.05) is 0 Å². The molecule has 0 saturated carbocycles. The standard InChI is InChI=1S/C22H21FN6O6S/c1-32-15-5-3-6-16(33-2)19(15)29-21(17-7-4-8-35-17)26-27-22(29)28-36(30,31)18-12-34-11-14(18)20-24-9-13(23)10-25-20/h3-10,14,18H,11-12H2,1-2H3,(H,27,28)/t14-,18-/m1/s1. The van der Waals surface area contributed by atoms with Crippen LogP contribution < -0.4 is 14.2 Å². The highest BCUT2D eigenvalue weighted by Crippen LogP contribution is 2.38. The quantitative estimate of drug-likeness (QED) is 0.371. The zero-order valence-electron chi connectivity index (χ0n) is 19.2. The number of nitrogens with one attached hydrogen (secondary N) is 1. The number of nitrogens with zero attached hydrogens (tertiary/aromatic N) is 5. The van der Waals surface area contributed by atoms with Crippen molar-refractivity contribution in [1.29, 1.82) is 0 Å². The summed E-state index contributed by atoms with van der Waals surface area (Å²) < 4.78 is 66.4. The molecule has 1 saturated heterocycles. The Morgan fingerprint density at radius 1 is 1.06 bits per heavy atom. The Bertz CT molecular complexity index is 1440. The summed E-state index contributed by atoms with van der Waals surface area (Å²) in [7, 11) is -1.18. The lowest BCUT2D eigenvalue weighted by Crippen LogP contribution is -2.34. The van der Waals surface area contributed by atoms with Crippen LogP contribution in [-0.2, 0) is 14.8 Å². The lowest BCUT2D eigenvalue weighted by Gasteiger charge is -2.20. The molecule has 1 N–H and O–H groups in total. The maximum Gasteiger partial charge on any atom is 0.243 e. The van der Waals surface area contributed by atoms with Crippen LogP contribution in [0, 0.1) is 5.82 Å². The number of furan rings is 1. The minimum atomic E-state index is -4.13. The Morgan fingerprint density at radius 3 is 2.42 bits per heavy atom. The molecular weight excluding hydrogens is 495 g/mol. The number of aromatic nitrogens is 5. The maximum absolute atomic E-state index is 13.6. The third kappa shape index (κ3) is 4.24. The summed E-state index contributed by atoms with van der Waals surface area (Å²) in [5.74, 6) is -0.00900. The van der Waals surface area contributed by atoms with E-state index < -0.39 is 27.0 Å². The van der Waals surface area contributed by atoms with Gasteiger partial charge in [0.1, 0.15) is 28.3 Å². The van der Waals surface area contributed by atoms with Crippen molar-refractivity contribution in [2.45, 2.75) is 11.2 Å². The van der Waals surface area contributed by atoms with Gasteiger partial charge in [-0.1, -0.05) is 6.07 Å². The fourth-order valence-corrected chi connectivity index (χ4v) is 5.42. The highest BCUT2D eigenvalue weighted by molar-refractivity contribution is 7.93. The van der Waals surface area contributed by atoms with Crippen molar-refractivity contribution in [2.75, 3.05) is 32.2 Å². The van der Waals surface area contributed by atoms with Crippen LogP contribution in [0.3, 0.4) is 0 Å². The number of benzene rings is 1. The molecule has 0 spiro atoms. The van der Waals surface area contributed by atoms with Gasteiger partial charge in [0.2, 0.25) is 21.8 Å². The minimum Gasteiger partial charge on any atom is -0.494 e. The van der Waals surface area contributed by atoms with E-state index in [0.29, 0.717) is 22.9 Å². The fourth-order valence-electron chi connectivity index (χ4n) is 3.98. The third-order valence-electron chi connectivity index (χ3n) is 5.66. The molecule has 1 fully saturated rings. The second-order valence-corrected chi connectivity index (χ2v) is 9.66. The Labute approximate surface area is 205 Å². The van der Waals surface area contributed by atoms with Gasteiger partial charge in [-0.15, -0.1) is 10.2 Å². The summed E-state index contributed by atoms with van der Waals surface area (Å²) in [6, 6.07) is 8.43. The van der Waals surface area contributed by atoms with E-state index >= 15 is 0 Å². The molecule has 4 aromatic rings. The van der Waals surface area contributed by atoms with Crippen molar-refractivity contribution in [3.63, 3.8) is 0 Å². The van der Waals surface area contributed by atoms with Gasteiger partial charge in [0.15, 0.2) is 11.6 Å². The first-order chi connectivity index (χ1) is 17.4. The number of methoxy groups -OCH3 is 2. The van der Waals surface area contributed by atoms with Crippen molar-refractivity contribution in [3.05, 3.63) is 60.6 Å². The smallest absolute Gasteiger partial charge is 0.243 e. The second-order valence-electron chi connectivity index (χ2n) is 7.76. The van der Waals surface area contributed by atoms with Crippen molar-refractivity contribution in [2.24, 2.45) is 0 Å². The topological polar surface area (TPSA) is 143 Å². The average Bonchev–Trinajstić information content (AvgIpc) is 3.65. The first-order valence-electron chi connectivity index (χ1n) is 10.7. The molecule has 188 valence electrons. The largest absolute Gasteiger partial charge is 0.494 e. The molecule has 14 heteroatoms. The molecular formula is C22H21FN6O6S. The molecule has 3 aromatic heterocycles. The molecule has 12 nitrogen and oxygen atoms in total. The molecule has 36 heavy (non-hydrogen) atoms.